The van der Waals surface area contributed by atoms with Gasteiger partial charge in [-0.15, -0.1) is 0 Å². The van der Waals surface area contributed by atoms with Crippen LogP contribution in [0.4, 0.5) is 5.69 Å². The third-order valence-corrected chi connectivity index (χ3v) is 3.35. The number of rotatable bonds is 9. The fraction of sp³-hybridized carbons (Fsp3) is 0.471. The Bertz CT molecular complexity index is 566. The third kappa shape index (κ3) is 6.94. The van der Waals surface area contributed by atoms with Crippen LogP contribution in [0.15, 0.2) is 24.3 Å². The Hall–Kier alpha value is -2.39. The highest BCUT2D eigenvalue weighted by Crippen LogP contribution is 2.14. The maximum absolute atomic E-state index is 11.9. The first-order chi connectivity index (χ1) is 11.1. The summed E-state index contributed by atoms with van der Waals surface area (Å²) in [5, 5.41) is 23.5. The molecule has 0 spiro atoms. The smallest absolute Gasteiger partial charge is 0.224 e. The van der Waals surface area contributed by atoms with Gasteiger partial charge < -0.3 is 15.7 Å². The molecule has 0 fully saturated rings. The topological polar surface area (TPSA) is 102 Å². The molecule has 1 aromatic carbocycles. The largest absolute Gasteiger partial charge is 0.394 e. The Balaban J connectivity index is 2.34. The Kier molecular flexibility index (Phi) is 8.40. The molecule has 6 heteroatoms. The lowest BCUT2D eigenvalue weighted by Crippen LogP contribution is -2.37. The van der Waals surface area contributed by atoms with Crippen LogP contribution in [0.25, 0.3) is 0 Å². The second-order valence-corrected chi connectivity index (χ2v) is 5.29. The van der Waals surface area contributed by atoms with Gasteiger partial charge in [0.1, 0.15) is 6.07 Å². The highest BCUT2D eigenvalue weighted by atomic mass is 16.3. The van der Waals surface area contributed by atoms with Gasteiger partial charge in [-0.2, -0.15) is 5.26 Å². The van der Waals surface area contributed by atoms with Gasteiger partial charge in [0.15, 0.2) is 0 Å². The number of nitrogens with zero attached hydrogens (tertiary/aromatic N) is 1. The molecule has 1 aromatic rings. The van der Waals surface area contributed by atoms with Gasteiger partial charge in [-0.3, -0.25) is 9.59 Å². The van der Waals surface area contributed by atoms with Crippen molar-refractivity contribution in [3.63, 3.8) is 0 Å². The van der Waals surface area contributed by atoms with E-state index < -0.39 is 0 Å². The van der Waals surface area contributed by atoms with Crippen molar-refractivity contribution in [2.75, 3.05) is 11.9 Å². The van der Waals surface area contributed by atoms with Crippen molar-refractivity contribution in [1.29, 1.82) is 5.26 Å². The third-order valence-electron chi connectivity index (χ3n) is 3.35. The molecule has 0 radical (unpaired) electrons. The normalized spacial score (nSPS) is 11.3. The molecule has 6 nitrogen and oxygen atoms in total. The highest BCUT2D eigenvalue weighted by Gasteiger charge is 2.11. The first kappa shape index (κ1) is 18.7. The number of nitrogens with one attached hydrogen (secondary N) is 2. The summed E-state index contributed by atoms with van der Waals surface area (Å²) >= 11 is 0. The van der Waals surface area contributed by atoms with Crippen LogP contribution in [0.3, 0.4) is 0 Å². The quantitative estimate of drug-likeness (QED) is 0.647. The number of carbonyl (C=O) groups is 2. The summed E-state index contributed by atoms with van der Waals surface area (Å²) in [6.45, 7) is 1.91. The van der Waals surface area contributed by atoms with Crippen molar-refractivity contribution < 1.29 is 14.7 Å². The molecule has 0 bridgehead atoms. The zero-order valence-electron chi connectivity index (χ0n) is 13.3. The zero-order chi connectivity index (χ0) is 17.1. The molecule has 2 amide bonds. The number of benzene rings is 1. The van der Waals surface area contributed by atoms with E-state index in [2.05, 4.69) is 10.6 Å². The molecule has 0 aliphatic heterocycles. The molecule has 1 atom stereocenters. The van der Waals surface area contributed by atoms with Gasteiger partial charge in [-0.05, 0) is 25.0 Å². The fourth-order valence-electron chi connectivity index (χ4n) is 2.17. The van der Waals surface area contributed by atoms with Crippen LogP contribution in [0, 0.1) is 11.3 Å². The first-order valence-corrected chi connectivity index (χ1v) is 7.79. The van der Waals surface area contributed by atoms with Crippen molar-refractivity contribution in [2.24, 2.45) is 0 Å². The van der Waals surface area contributed by atoms with Crippen molar-refractivity contribution in [3.8, 4) is 6.07 Å². The predicted molar refractivity (Wildman–Crippen MR) is 87.6 cm³/mol. The Morgan fingerprint density at radius 1 is 1.26 bits per heavy atom. The van der Waals surface area contributed by atoms with E-state index in [9.17, 15) is 9.59 Å². The van der Waals surface area contributed by atoms with Gasteiger partial charge in [-0.1, -0.05) is 25.5 Å². The van der Waals surface area contributed by atoms with Crippen LogP contribution in [0.1, 0.15) is 44.6 Å². The van der Waals surface area contributed by atoms with E-state index in [0.717, 1.165) is 12.8 Å². The predicted octanol–water partition coefficient (Wildman–Crippen LogP) is 1.94. The number of aliphatic hydroxyl groups is 1. The van der Waals surface area contributed by atoms with Crippen LogP contribution in [-0.4, -0.2) is 29.6 Å². The van der Waals surface area contributed by atoms with Crippen LogP contribution < -0.4 is 10.6 Å². The molecule has 0 aliphatic carbocycles. The van der Waals surface area contributed by atoms with E-state index in [0.29, 0.717) is 17.7 Å². The Morgan fingerprint density at radius 3 is 2.61 bits per heavy atom. The maximum atomic E-state index is 11.9. The van der Waals surface area contributed by atoms with Crippen molar-refractivity contribution in [1.82, 2.24) is 5.32 Å². The monoisotopic (exact) mass is 317 g/mol. The molecule has 0 heterocycles. The van der Waals surface area contributed by atoms with Gasteiger partial charge in [0.05, 0.1) is 23.9 Å². The molecule has 3 N–H and O–H groups in total. The molecule has 124 valence electrons. The Morgan fingerprint density at radius 2 is 1.96 bits per heavy atom. The molecule has 1 rings (SSSR count). The molecule has 0 saturated heterocycles. The molecule has 0 aliphatic rings. The van der Waals surface area contributed by atoms with Crippen molar-refractivity contribution >= 4 is 17.5 Å². The van der Waals surface area contributed by atoms with Crippen LogP contribution in [0.5, 0.6) is 0 Å². The lowest BCUT2D eigenvalue weighted by atomic mass is 10.1. The number of para-hydroxylation sites is 1. The van der Waals surface area contributed by atoms with E-state index in [4.69, 9.17) is 10.4 Å². The molecular weight excluding hydrogens is 294 g/mol. The first-order valence-electron chi connectivity index (χ1n) is 7.79. The summed E-state index contributed by atoms with van der Waals surface area (Å²) < 4.78 is 0. The summed E-state index contributed by atoms with van der Waals surface area (Å²) in [6.07, 6.45) is 2.45. The number of amides is 2. The lowest BCUT2D eigenvalue weighted by Gasteiger charge is -2.15. The minimum Gasteiger partial charge on any atom is -0.394 e. The lowest BCUT2D eigenvalue weighted by molar-refractivity contribution is -0.122. The van der Waals surface area contributed by atoms with Gasteiger partial charge in [-0.25, -0.2) is 0 Å². The minimum atomic E-state index is -0.229. The number of nitriles is 1. The fourth-order valence-corrected chi connectivity index (χ4v) is 2.17. The van der Waals surface area contributed by atoms with Gasteiger partial charge >= 0.3 is 0 Å². The average molecular weight is 317 g/mol. The Labute approximate surface area is 136 Å². The van der Waals surface area contributed by atoms with E-state index in [1.54, 1.807) is 24.3 Å². The van der Waals surface area contributed by atoms with Crippen LogP contribution in [0.2, 0.25) is 0 Å². The highest BCUT2D eigenvalue weighted by molar-refractivity contribution is 5.92. The molecule has 0 aromatic heterocycles. The van der Waals surface area contributed by atoms with Gasteiger partial charge in [0.2, 0.25) is 11.8 Å². The number of carbonyl (C=O) groups excluding carboxylic acids is 2. The number of anilines is 1. The summed E-state index contributed by atoms with van der Waals surface area (Å²) in [5.41, 5.74) is 0.886. The minimum absolute atomic E-state index is 0.0784. The van der Waals surface area contributed by atoms with Gasteiger partial charge in [0, 0.05) is 12.8 Å². The van der Waals surface area contributed by atoms with Crippen LogP contribution in [-0.2, 0) is 9.59 Å². The number of hydrogen-bond donors (Lipinski definition) is 3. The summed E-state index contributed by atoms with van der Waals surface area (Å²) in [4.78, 5) is 23.6. The molecular formula is C17H23N3O3. The van der Waals surface area contributed by atoms with Gasteiger partial charge in [0.25, 0.3) is 0 Å². The summed E-state index contributed by atoms with van der Waals surface area (Å²) in [5.74, 6) is -0.393. The second-order valence-electron chi connectivity index (χ2n) is 5.29. The number of aliphatic hydroxyl groups excluding tert-OH is 1. The van der Waals surface area contributed by atoms with E-state index in [1.807, 2.05) is 13.0 Å². The SMILES string of the molecule is CCCC(CO)NC(=O)CCCC(=O)Nc1ccccc1C#N. The van der Waals surface area contributed by atoms with E-state index in [-0.39, 0.29) is 37.3 Å². The molecule has 0 saturated carbocycles. The van der Waals surface area contributed by atoms with Crippen molar-refractivity contribution in [2.45, 2.75) is 45.1 Å². The number of hydrogen-bond acceptors (Lipinski definition) is 4. The van der Waals surface area contributed by atoms with Crippen molar-refractivity contribution in [3.05, 3.63) is 29.8 Å². The summed E-state index contributed by atoms with van der Waals surface area (Å²) in [7, 11) is 0. The van der Waals surface area contributed by atoms with E-state index in [1.165, 1.54) is 0 Å². The summed E-state index contributed by atoms with van der Waals surface area (Å²) in [6, 6.07) is 8.56. The average Bonchev–Trinajstić information content (AvgIpc) is 2.54. The standard InChI is InChI=1S/C17H23N3O3/c1-2-6-14(12-21)19-16(22)9-5-10-17(23)20-15-8-4-3-7-13(15)11-18/h3-4,7-8,14,21H,2,5-6,9-10,12H2,1H3,(H,19,22)(H,20,23). The van der Waals surface area contributed by atoms with E-state index >= 15 is 0 Å². The zero-order valence-corrected chi connectivity index (χ0v) is 13.3. The maximum Gasteiger partial charge on any atom is 0.224 e. The molecule has 23 heavy (non-hydrogen) atoms. The van der Waals surface area contributed by atoms with Crippen LogP contribution >= 0.6 is 0 Å². The second kappa shape index (κ2) is 10.4. The molecule has 1 unspecified atom stereocenters.